The summed E-state index contributed by atoms with van der Waals surface area (Å²) in [6, 6.07) is 0. The molecule has 0 atom stereocenters. The van der Waals surface area contributed by atoms with Gasteiger partial charge in [-0.2, -0.15) is 15.4 Å². The Morgan fingerprint density at radius 1 is 1.37 bits per heavy atom. The van der Waals surface area contributed by atoms with Gasteiger partial charge < -0.3 is 5.32 Å². The van der Waals surface area contributed by atoms with Gasteiger partial charge in [0.05, 0.1) is 16.4 Å². The van der Waals surface area contributed by atoms with Gasteiger partial charge in [0.1, 0.15) is 11.5 Å². The van der Waals surface area contributed by atoms with E-state index in [4.69, 9.17) is 0 Å². The van der Waals surface area contributed by atoms with Crippen molar-refractivity contribution in [3.05, 3.63) is 16.4 Å². The van der Waals surface area contributed by atoms with Crippen molar-refractivity contribution in [2.45, 2.75) is 27.2 Å². The van der Waals surface area contributed by atoms with Crippen molar-refractivity contribution in [1.82, 2.24) is 25.4 Å². The van der Waals surface area contributed by atoms with Gasteiger partial charge in [-0.3, -0.25) is 0 Å². The Bertz CT molecular complexity index is 537. The van der Waals surface area contributed by atoms with Crippen molar-refractivity contribution >= 4 is 21.7 Å². The molecule has 2 aromatic rings. The molecule has 0 aromatic carbocycles. The van der Waals surface area contributed by atoms with Crippen LogP contribution in [0, 0.1) is 5.92 Å². The molecule has 2 heterocycles. The zero-order valence-corrected chi connectivity index (χ0v) is 12.8. The Balaban J connectivity index is 2.47. The number of aromatic amines is 1. The fourth-order valence-corrected chi connectivity index (χ4v) is 2.20. The van der Waals surface area contributed by atoms with Crippen molar-refractivity contribution in [2.24, 2.45) is 5.92 Å². The number of halogens is 1. The van der Waals surface area contributed by atoms with Crippen LogP contribution in [0.1, 0.15) is 26.5 Å². The minimum atomic E-state index is 0.519. The minimum absolute atomic E-state index is 0.519. The molecule has 0 saturated carbocycles. The van der Waals surface area contributed by atoms with Crippen LogP contribution in [-0.2, 0) is 6.42 Å². The number of rotatable bonds is 5. The number of nitrogens with zero attached hydrogens (tertiary/aromatic N) is 4. The largest absolute Gasteiger partial charge is 0.369 e. The van der Waals surface area contributed by atoms with E-state index in [2.05, 4.69) is 60.5 Å². The summed E-state index contributed by atoms with van der Waals surface area (Å²) in [6.07, 6.45) is 2.50. The first-order valence-electron chi connectivity index (χ1n) is 6.28. The maximum absolute atomic E-state index is 4.58. The monoisotopic (exact) mass is 324 g/mol. The van der Waals surface area contributed by atoms with Crippen molar-refractivity contribution < 1.29 is 0 Å². The average Bonchev–Trinajstić information content (AvgIpc) is 2.87. The molecular weight excluding hydrogens is 308 g/mol. The summed E-state index contributed by atoms with van der Waals surface area (Å²) in [6.45, 7) is 7.16. The second-order valence-corrected chi connectivity index (χ2v) is 5.43. The molecule has 0 aliphatic rings. The highest BCUT2D eigenvalue weighted by Crippen LogP contribution is 2.27. The fourth-order valence-electron chi connectivity index (χ4n) is 1.72. The standard InChI is InChI=1S/C12H17BrN6/c1-4-14-12-10(13)8(5-7(2)3)16-11(17-12)9-6-15-19-18-9/h6-7H,4-5H2,1-3H3,(H,14,16,17)(H,15,18,19). The molecule has 0 aliphatic carbocycles. The van der Waals surface area contributed by atoms with E-state index in [1.54, 1.807) is 6.20 Å². The predicted molar refractivity (Wildman–Crippen MR) is 77.8 cm³/mol. The predicted octanol–water partition coefficient (Wildman–Crippen LogP) is 2.65. The Labute approximate surface area is 120 Å². The Hall–Kier alpha value is -1.50. The molecule has 0 spiro atoms. The fraction of sp³-hybridized carbons (Fsp3) is 0.500. The number of hydrogen-bond acceptors (Lipinski definition) is 5. The second kappa shape index (κ2) is 6.10. The van der Waals surface area contributed by atoms with Crippen molar-refractivity contribution in [3.8, 4) is 11.5 Å². The first-order valence-corrected chi connectivity index (χ1v) is 7.07. The molecule has 0 fully saturated rings. The highest BCUT2D eigenvalue weighted by Gasteiger charge is 2.15. The third kappa shape index (κ3) is 3.28. The lowest BCUT2D eigenvalue weighted by molar-refractivity contribution is 0.632. The Morgan fingerprint density at radius 2 is 2.16 bits per heavy atom. The van der Waals surface area contributed by atoms with E-state index in [0.29, 0.717) is 17.4 Å². The van der Waals surface area contributed by atoms with Crippen LogP contribution in [0.25, 0.3) is 11.5 Å². The lowest BCUT2D eigenvalue weighted by atomic mass is 10.1. The molecule has 19 heavy (non-hydrogen) atoms. The third-order valence-electron chi connectivity index (χ3n) is 2.51. The number of H-pyrrole nitrogens is 1. The van der Waals surface area contributed by atoms with Crippen LogP contribution in [0.3, 0.4) is 0 Å². The van der Waals surface area contributed by atoms with Gasteiger partial charge in [-0.25, -0.2) is 9.97 Å². The van der Waals surface area contributed by atoms with Crippen LogP contribution in [0.15, 0.2) is 10.7 Å². The molecule has 6 nitrogen and oxygen atoms in total. The number of hydrogen-bond donors (Lipinski definition) is 2. The van der Waals surface area contributed by atoms with Gasteiger partial charge in [0.15, 0.2) is 5.82 Å². The molecule has 7 heteroatoms. The minimum Gasteiger partial charge on any atom is -0.369 e. The number of anilines is 1. The van der Waals surface area contributed by atoms with Crippen LogP contribution in [0.2, 0.25) is 0 Å². The first-order chi connectivity index (χ1) is 9.11. The molecule has 0 amide bonds. The number of nitrogens with one attached hydrogen (secondary N) is 2. The van der Waals surface area contributed by atoms with E-state index >= 15 is 0 Å². The van der Waals surface area contributed by atoms with Crippen LogP contribution >= 0.6 is 15.9 Å². The van der Waals surface area contributed by atoms with Gasteiger partial charge in [0.25, 0.3) is 0 Å². The van der Waals surface area contributed by atoms with Gasteiger partial charge in [0, 0.05) is 6.54 Å². The maximum atomic E-state index is 4.58. The van der Waals surface area contributed by atoms with E-state index in [-0.39, 0.29) is 0 Å². The van der Waals surface area contributed by atoms with E-state index in [9.17, 15) is 0 Å². The van der Waals surface area contributed by atoms with Crippen LogP contribution in [0.4, 0.5) is 5.82 Å². The smallest absolute Gasteiger partial charge is 0.184 e. The Kier molecular flexibility index (Phi) is 4.47. The van der Waals surface area contributed by atoms with E-state index in [1.165, 1.54) is 0 Å². The van der Waals surface area contributed by atoms with Crippen LogP contribution < -0.4 is 5.32 Å². The highest BCUT2D eigenvalue weighted by atomic mass is 79.9. The summed E-state index contributed by atoms with van der Waals surface area (Å²) < 4.78 is 0.926. The second-order valence-electron chi connectivity index (χ2n) is 4.64. The molecule has 0 radical (unpaired) electrons. The Morgan fingerprint density at radius 3 is 2.74 bits per heavy atom. The summed E-state index contributed by atoms with van der Waals surface area (Å²) >= 11 is 3.58. The zero-order chi connectivity index (χ0) is 13.8. The first kappa shape index (κ1) is 13.9. The lowest BCUT2D eigenvalue weighted by Gasteiger charge is -2.12. The van der Waals surface area contributed by atoms with Gasteiger partial charge in [-0.15, -0.1) is 0 Å². The molecule has 0 bridgehead atoms. The molecule has 2 N–H and O–H groups in total. The lowest BCUT2D eigenvalue weighted by Crippen LogP contribution is -2.08. The summed E-state index contributed by atoms with van der Waals surface area (Å²) in [5.74, 6) is 1.90. The topological polar surface area (TPSA) is 79.4 Å². The summed E-state index contributed by atoms with van der Waals surface area (Å²) in [5, 5.41) is 13.7. The van der Waals surface area contributed by atoms with Crippen molar-refractivity contribution in [2.75, 3.05) is 11.9 Å². The number of aromatic nitrogens is 5. The average molecular weight is 325 g/mol. The van der Waals surface area contributed by atoms with E-state index < -0.39 is 0 Å². The summed E-state index contributed by atoms with van der Waals surface area (Å²) in [4.78, 5) is 9.06. The van der Waals surface area contributed by atoms with Gasteiger partial charge >= 0.3 is 0 Å². The van der Waals surface area contributed by atoms with Crippen molar-refractivity contribution in [3.63, 3.8) is 0 Å². The SMILES string of the molecule is CCNc1nc(-c2cn[nH]n2)nc(CC(C)C)c1Br. The molecule has 102 valence electrons. The van der Waals surface area contributed by atoms with Gasteiger partial charge in [-0.05, 0) is 35.2 Å². The third-order valence-corrected chi connectivity index (χ3v) is 3.34. The normalized spacial score (nSPS) is 11.0. The summed E-state index contributed by atoms with van der Waals surface area (Å²) in [7, 11) is 0. The van der Waals surface area contributed by atoms with Crippen LogP contribution in [-0.4, -0.2) is 31.9 Å². The molecular formula is C12H17BrN6. The maximum Gasteiger partial charge on any atom is 0.184 e. The molecule has 0 saturated heterocycles. The van der Waals surface area contributed by atoms with E-state index in [1.807, 2.05) is 6.92 Å². The summed E-state index contributed by atoms with van der Waals surface area (Å²) in [5.41, 5.74) is 1.63. The molecule has 0 aliphatic heterocycles. The molecule has 0 unspecified atom stereocenters. The zero-order valence-electron chi connectivity index (χ0n) is 11.2. The highest BCUT2D eigenvalue weighted by molar-refractivity contribution is 9.10. The van der Waals surface area contributed by atoms with Crippen molar-refractivity contribution in [1.29, 1.82) is 0 Å². The van der Waals surface area contributed by atoms with Crippen LogP contribution in [0.5, 0.6) is 0 Å². The molecule has 2 rings (SSSR count). The van der Waals surface area contributed by atoms with Gasteiger partial charge in [-0.1, -0.05) is 13.8 Å². The van der Waals surface area contributed by atoms with E-state index in [0.717, 1.165) is 29.0 Å². The quantitative estimate of drug-likeness (QED) is 0.883. The molecule has 2 aromatic heterocycles. The van der Waals surface area contributed by atoms with Gasteiger partial charge in [0.2, 0.25) is 0 Å².